The maximum Gasteiger partial charge on any atom is 0.243 e. The van der Waals surface area contributed by atoms with Crippen LogP contribution < -0.4 is 10.0 Å². The Labute approximate surface area is 132 Å². The second kappa shape index (κ2) is 7.21. The molecular weight excluding hydrogens is 304 g/mol. The summed E-state index contributed by atoms with van der Waals surface area (Å²) in [5.74, 6) is -0.396. The van der Waals surface area contributed by atoms with Crippen LogP contribution in [-0.4, -0.2) is 33.7 Å². The summed E-state index contributed by atoms with van der Waals surface area (Å²) in [7, 11) is -1.90. The van der Waals surface area contributed by atoms with E-state index in [1.165, 1.54) is 0 Å². The first-order chi connectivity index (χ1) is 10.0. The van der Waals surface area contributed by atoms with Crippen molar-refractivity contribution < 1.29 is 17.9 Å². The number of carbonyl (C=O) groups is 1. The Hall–Kier alpha value is -1.44. The Morgan fingerprint density at radius 1 is 1.32 bits per heavy atom. The third-order valence-electron chi connectivity index (χ3n) is 2.97. The minimum absolute atomic E-state index is 0.396. The first-order valence-electron chi connectivity index (χ1n) is 6.89. The van der Waals surface area contributed by atoms with Gasteiger partial charge in [-0.05, 0) is 23.1 Å². The summed E-state index contributed by atoms with van der Waals surface area (Å²) in [5, 5.41) is 2.75. The summed E-state index contributed by atoms with van der Waals surface area (Å²) in [5.41, 5.74) is 0.963. The van der Waals surface area contributed by atoms with Crippen molar-refractivity contribution in [1.82, 2.24) is 4.72 Å². The van der Waals surface area contributed by atoms with Gasteiger partial charge < -0.3 is 10.1 Å². The molecule has 0 bridgehead atoms. The molecule has 1 amide bonds. The molecule has 1 rings (SSSR count). The molecule has 0 spiro atoms. The highest BCUT2D eigenvalue weighted by Crippen LogP contribution is 2.22. The smallest absolute Gasteiger partial charge is 0.243 e. The standard InChI is InChI=1S/C15H24N2O4S/c1-15(2,3)13(17-22(5,19)20)14(18)16-12-8-6-7-11(9-12)10-21-4/h6-9,13,17H,10H2,1-5H3,(H,16,18)/t13-/m1/s1. The van der Waals surface area contributed by atoms with Crippen LogP contribution in [0.2, 0.25) is 0 Å². The van der Waals surface area contributed by atoms with Gasteiger partial charge >= 0.3 is 0 Å². The monoisotopic (exact) mass is 328 g/mol. The molecule has 0 aliphatic rings. The molecule has 0 unspecified atom stereocenters. The van der Waals surface area contributed by atoms with E-state index in [1.807, 2.05) is 6.07 Å². The van der Waals surface area contributed by atoms with Gasteiger partial charge in [0.05, 0.1) is 12.9 Å². The Morgan fingerprint density at radius 2 is 1.95 bits per heavy atom. The number of anilines is 1. The zero-order valence-corrected chi connectivity index (χ0v) is 14.5. The predicted molar refractivity (Wildman–Crippen MR) is 87.0 cm³/mol. The topological polar surface area (TPSA) is 84.5 Å². The molecule has 0 radical (unpaired) electrons. The van der Waals surface area contributed by atoms with Crippen LogP contribution in [0.4, 0.5) is 5.69 Å². The van der Waals surface area contributed by atoms with E-state index in [4.69, 9.17) is 4.74 Å². The number of nitrogens with one attached hydrogen (secondary N) is 2. The number of hydrogen-bond acceptors (Lipinski definition) is 4. The van der Waals surface area contributed by atoms with E-state index < -0.39 is 27.4 Å². The van der Waals surface area contributed by atoms with E-state index in [-0.39, 0.29) is 0 Å². The lowest BCUT2D eigenvalue weighted by Crippen LogP contribution is -2.51. The number of hydrogen-bond donors (Lipinski definition) is 2. The van der Waals surface area contributed by atoms with Crippen molar-refractivity contribution in [3.05, 3.63) is 29.8 Å². The third kappa shape index (κ3) is 6.13. The maximum atomic E-state index is 12.4. The molecule has 0 aliphatic carbocycles. The highest BCUT2D eigenvalue weighted by Gasteiger charge is 2.33. The van der Waals surface area contributed by atoms with Crippen LogP contribution >= 0.6 is 0 Å². The average molecular weight is 328 g/mol. The molecule has 0 saturated heterocycles. The number of methoxy groups -OCH3 is 1. The van der Waals surface area contributed by atoms with Crippen molar-refractivity contribution in [2.75, 3.05) is 18.7 Å². The van der Waals surface area contributed by atoms with Crippen molar-refractivity contribution in [3.63, 3.8) is 0 Å². The molecule has 2 N–H and O–H groups in total. The average Bonchev–Trinajstić information content (AvgIpc) is 2.34. The Bertz CT molecular complexity index is 621. The molecule has 7 heteroatoms. The molecule has 0 fully saturated rings. The van der Waals surface area contributed by atoms with Crippen molar-refractivity contribution in [2.45, 2.75) is 33.4 Å². The Kier molecular flexibility index (Phi) is 6.10. The van der Waals surface area contributed by atoms with Crippen LogP contribution in [0.1, 0.15) is 26.3 Å². The van der Waals surface area contributed by atoms with E-state index in [2.05, 4.69) is 10.0 Å². The van der Waals surface area contributed by atoms with Crippen molar-refractivity contribution in [1.29, 1.82) is 0 Å². The fraction of sp³-hybridized carbons (Fsp3) is 0.533. The van der Waals surface area contributed by atoms with Gasteiger partial charge in [-0.15, -0.1) is 0 Å². The molecule has 1 aromatic carbocycles. The summed E-state index contributed by atoms with van der Waals surface area (Å²) < 4.78 is 30.4. The SMILES string of the molecule is COCc1cccc(NC(=O)[C@@H](NS(C)(=O)=O)C(C)(C)C)c1. The molecule has 22 heavy (non-hydrogen) atoms. The third-order valence-corrected chi connectivity index (χ3v) is 3.63. The summed E-state index contributed by atoms with van der Waals surface area (Å²) >= 11 is 0. The number of rotatable bonds is 6. The van der Waals surface area contributed by atoms with Gasteiger partial charge in [0.25, 0.3) is 0 Å². The van der Waals surface area contributed by atoms with Gasteiger partial charge in [0.15, 0.2) is 0 Å². The van der Waals surface area contributed by atoms with Crippen molar-refractivity contribution in [2.24, 2.45) is 5.41 Å². The molecule has 1 atom stereocenters. The lowest BCUT2D eigenvalue weighted by atomic mass is 9.87. The van der Waals surface area contributed by atoms with Gasteiger partial charge in [-0.25, -0.2) is 13.1 Å². The van der Waals surface area contributed by atoms with Crippen LogP contribution in [-0.2, 0) is 26.2 Å². The zero-order valence-electron chi connectivity index (χ0n) is 13.6. The fourth-order valence-electron chi connectivity index (χ4n) is 1.96. The normalized spacial score (nSPS) is 13.7. The zero-order chi connectivity index (χ0) is 17.0. The molecule has 6 nitrogen and oxygen atoms in total. The summed E-state index contributed by atoms with van der Waals surface area (Å²) in [6.45, 7) is 5.85. The van der Waals surface area contributed by atoms with Gasteiger partial charge in [0, 0.05) is 12.8 Å². The number of benzene rings is 1. The van der Waals surface area contributed by atoms with Crippen LogP contribution in [0.25, 0.3) is 0 Å². The lowest BCUT2D eigenvalue weighted by Gasteiger charge is -2.29. The number of sulfonamides is 1. The lowest BCUT2D eigenvalue weighted by molar-refractivity contribution is -0.119. The molecule has 1 aromatic rings. The number of ether oxygens (including phenoxy) is 1. The van der Waals surface area contributed by atoms with Gasteiger partial charge in [0.2, 0.25) is 15.9 Å². The van der Waals surface area contributed by atoms with E-state index in [9.17, 15) is 13.2 Å². The number of carbonyl (C=O) groups excluding carboxylic acids is 1. The second-order valence-electron chi connectivity index (χ2n) is 6.31. The van der Waals surface area contributed by atoms with Crippen molar-refractivity contribution in [3.8, 4) is 0 Å². The number of amides is 1. The first-order valence-corrected chi connectivity index (χ1v) is 8.78. The Morgan fingerprint density at radius 3 is 2.45 bits per heavy atom. The summed E-state index contributed by atoms with van der Waals surface area (Å²) in [4.78, 5) is 12.4. The van der Waals surface area contributed by atoms with Gasteiger partial charge in [-0.2, -0.15) is 0 Å². The van der Waals surface area contributed by atoms with E-state index in [1.54, 1.807) is 46.1 Å². The van der Waals surface area contributed by atoms with E-state index in [0.29, 0.717) is 12.3 Å². The van der Waals surface area contributed by atoms with E-state index >= 15 is 0 Å². The minimum atomic E-state index is -3.49. The largest absolute Gasteiger partial charge is 0.380 e. The minimum Gasteiger partial charge on any atom is -0.380 e. The molecule has 0 aromatic heterocycles. The molecular formula is C15H24N2O4S. The summed E-state index contributed by atoms with van der Waals surface area (Å²) in [6.07, 6.45) is 1.04. The molecule has 0 aliphatic heterocycles. The van der Waals surface area contributed by atoms with Gasteiger partial charge in [0.1, 0.15) is 6.04 Å². The highest BCUT2D eigenvalue weighted by atomic mass is 32.2. The molecule has 0 saturated carbocycles. The quantitative estimate of drug-likeness (QED) is 0.833. The summed E-state index contributed by atoms with van der Waals surface area (Å²) in [6, 6.07) is 6.36. The first kappa shape index (κ1) is 18.6. The molecule has 124 valence electrons. The van der Waals surface area contributed by atoms with Crippen LogP contribution in [0.5, 0.6) is 0 Å². The molecule has 0 heterocycles. The second-order valence-corrected chi connectivity index (χ2v) is 8.09. The van der Waals surface area contributed by atoms with Crippen molar-refractivity contribution >= 4 is 21.6 Å². The van der Waals surface area contributed by atoms with Crippen LogP contribution in [0.3, 0.4) is 0 Å². The van der Waals surface area contributed by atoms with E-state index in [0.717, 1.165) is 11.8 Å². The van der Waals surface area contributed by atoms with Crippen LogP contribution in [0.15, 0.2) is 24.3 Å². The Balaban J connectivity index is 2.94. The maximum absolute atomic E-state index is 12.4. The predicted octanol–water partition coefficient (Wildman–Crippen LogP) is 1.74. The van der Waals surface area contributed by atoms with Crippen LogP contribution in [0, 0.1) is 5.41 Å². The fourth-order valence-corrected chi connectivity index (χ4v) is 2.85. The van der Waals surface area contributed by atoms with Gasteiger partial charge in [-0.1, -0.05) is 32.9 Å². The highest BCUT2D eigenvalue weighted by molar-refractivity contribution is 7.88. The van der Waals surface area contributed by atoms with Gasteiger partial charge in [-0.3, -0.25) is 4.79 Å².